The predicted octanol–water partition coefficient (Wildman–Crippen LogP) is 0.0813. The minimum absolute atomic E-state index is 0.0168. The zero-order valence-electron chi connectivity index (χ0n) is 9.40. The molecule has 2 amide bonds. The molecular weight excluding hydrogens is 222 g/mol. The van der Waals surface area contributed by atoms with Gasteiger partial charge in [-0.2, -0.15) is 0 Å². The average Bonchev–Trinajstić information content (AvgIpc) is 3.12. The van der Waals surface area contributed by atoms with Crippen molar-refractivity contribution in [2.24, 2.45) is 5.73 Å². The number of carbonyl (C=O) groups is 2. The number of aromatic nitrogens is 1. The van der Waals surface area contributed by atoms with Crippen LogP contribution in [0.4, 0.5) is 0 Å². The Morgan fingerprint density at radius 3 is 2.76 bits per heavy atom. The summed E-state index contributed by atoms with van der Waals surface area (Å²) in [5.74, 6) is -0.678. The smallest absolute Gasteiger partial charge is 0.270 e. The fourth-order valence-electron chi connectivity index (χ4n) is 1.38. The number of nitrogens with zero attached hydrogens (tertiary/aromatic N) is 1. The number of primary amides is 1. The van der Waals surface area contributed by atoms with Crippen molar-refractivity contribution in [1.82, 2.24) is 10.3 Å². The Balaban J connectivity index is 2.32. The van der Waals surface area contributed by atoms with Gasteiger partial charge < -0.3 is 15.8 Å². The second-order valence-corrected chi connectivity index (χ2v) is 3.83. The van der Waals surface area contributed by atoms with E-state index in [9.17, 15) is 9.59 Å². The lowest BCUT2D eigenvalue weighted by Gasteiger charge is -2.08. The maximum Gasteiger partial charge on any atom is 0.270 e. The van der Waals surface area contributed by atoms with Crippen molar-refractivity contribution < 1.29 is 14.3 Å². The van der Waals surface area contributed by atoms with Gasteiger partial charge in [0.05, 0.1) is 17.9 Å². The van der Waals surface area contributed by atoms with E-state index in [4.69, 9.17) is 10.5 Å². The van der Waals surface area contributed by atoms with Gasteiger partial charge in [-0.15, -0.1) is 0 Å². The zero-order chi connectivity index (χ0) is 12.4. The van der Waals surface area contributed by atoms with Crippen molar-refractivity contribution in [3.8, 4) is 5.75 Å². The van der Waals surface area contributed by atoms with E-state index >= 15 is 0 Å². The second-order valence-electron chi connectivity index (χ2n) is 3.83. The summed E-state index contributed by atoms with van der Waals surface area (Å²) in [6, 6.07) is 1.46. The van der Waals surface area contributed by atoms with Crippen molar-refractivity contribution >= 4 is 11.8 Å². The first-order valence-corrected chi connectivity index (χ1v) is 5.30. The number of amides is 2. The van der Waals surface area contributed by atoms with E-state index in [1.165, 1.54) is 19.3 Å². The number of nitrogens with one attached hydrogen (secondary N) is 1. The molecule has 0 unspecified atom stereocenters. The molecule has 1 aromatic heterocycles. The summed E-state index contributed by atoms with van der Waals surface area (Å²) < 4.78 is 5.48. The number of carbonyl (C=O) groups excluding carboxylic acids is 2. The van der Waals surface area contributed by atoms with Crippen molar-refractivity contribution in [1.29, 1.82) is 0 Å². The van der Waals surface area contributed by atoms with Crippen LogP contribution in [0.15, 0.2) is 12.3 Å². The summed E-state index contributed by atoms with van der Waals surface area (Å²) in [6.45, 7) is 0. The van der Waals surface area contributed by atoms with E-state index < -0.39 is 11.8 Å². The number of rotatable bonds is 4. The van der Waals surface area contributed by atoms with Crippen LogP contribution in [0.5, 0.6) is 5.75 Å². The van der Waals surface area contributed by atoms with Crippen LogP contribution in [0, 0.1) is 0 Å². The zero-order valence-corrected chi connectivity index (χ0v) is 9.40. The summed E-state index contributed by atoms with van der Waals surface area (Å²) in [6.07, 6.45) is 3.63. The lowest BCUT2D eigenvalue weighted by molar-refractivity contribution is 0.0938. The maximum absolute atomic E-state index is 11.5. The first-order chi connectivity index (χ1) is 8.11. The predicted molar refractivity (Wildman–Crippen MR) is 59.8 cm³/mol. The van der Waals surface area contributed by atoms with E-state index in [0.717, 1.165) is 12.8 Å². The summed E-state index contributed by atoms with van der Waals surface area (Å²) in [5.41, 5.74) is 5.30. The van der Waals surface area contributed by atoms with Gasteiger partial charge in [-0.3, -0.25) is 9.59 Å². The Labute approximate surface area is 98.2 Å². The molecule has 0 radical (unpaired) electrons. The van der Waals surface area contributed by atoms with Gasteiger partial charge in [0.25, 0.3) is 11.8 Å². The topological polar surface area (TPSA) is 94.3 Å². The number of hydrogen-bond donors (Lipinski definition) is 2. The van der Waals surface area contributed by atoms with E-state index in [1.54, 1.807) is 0 Å². The third-order valence-corrected chi connectivity index (χ3v) is 2.40. The van der Waals surface area contributed by atoms with Crippen molar-refractivity contribution in [2.45, 2.75) is 18.9 Å². The summed E-state index contributed by atoms with van der Waals surface area (Å²) in [4.78, 5) is 26.6. The Bertz CT molecular complexity index is 469. The normalized spacial score (nSPS) is 14.2. The standard InChI is InChI=1S/C11H13N3O3/c1-13-11(16)9-8(10(12)15)4-7(5-14-9)17-6-2-3-6/h4-6H,2-3H2,1H3,(H2,12,15)(H,13,16). The van der Waals surface area contributed by atoms with Crippen LogP contribution < -0.4 is 15.8 Å². The molecule has 6 heteroatoms. The van der Waals surface area contributed by atoms with Crippen molar-refractivity contribution in [3.63, 3.8) is 0 Å². The molecule has 1 aliphatic carbocycles. The van der Waals surface area contributed by atoms with E-state index in [-0.39, 0.29) is 17.4 Å². The molecule has 90 valence electrons. The minimum atomic E-state index is -0.697. The SMILES string of the molecule is CNC(=O)c1ncc(OC2CC2)cc1C(N)=O. The van der Waals surface area contributed by atoms with Crippen molar-refractivity contribution in [3.05, 3.63) is 23.5 Å². The van der Waals surface area contributed by atoms with Gasteiger partial charge in [-0.05, 0) is 18.9 Å². The van der Waals surface area contributed by atoms with Gasteiger partial charge in [0.15, 0.2) is 0 Å². The van der Waals surface area contributed by atoms with Gasteiger partial charge in [0.1, 0.15) is 11.4 Å². The first-order valence-electron chi connectivity index (χ1n) is 5.30. The van der Waals surface area contributed by atoms with Crippen LogP contribution in [-0.2, 0) is 0 Å². The lowest BCUT2D eigenvalue weighted by Crippen LogP contribution is -2.25. The Morgan fingerprint density at radius 1 is 1.53 bits per heavy atom. The van der Waals surface area contributed by atoms with E-state index in [0.29, 0.717) is 5.75 Å². The van der Waals surface area contributed by atoms with Crippen molar-refractivity contribution in [2.75, 3.05) is 7.05 Å². The molecule has 0 atom stereocenters. The number of pyridine rings is 1. The molecule has 3 N–H and O–H groups in total. The van der Waals surface area contributed by atoms with Crippen LogP contribution >= 0.6 is 0 Å². The summed E-state index contributed by atoms with van der Waals surface area (Å²) in [7, 11) is 1.46. The highest BCUT2D eigenvalue weighted by Gasteiger charge is 2.25. The highest BCUT2D eigenvalue weighted by atomic mass is 16.5. The third-order valence-electron chi connectivity index (χ3n) is 2.40. The van der Waals surface area contributed by atoms with E-state index in [2.05, 4.69) is 10.3 Å². The first kappa shape index (κ1) is 11.4. The van der Waals surface area contributed by atoms with Crippen LogP contribution in [-0.4, -0.2) is 29.9 Å². The molecule has 17 heavy (non-hydrogen) atoms. The molecule has 1 saturated carbocycles. The molecular formula is C11H13N3O3. The molecule has 1 aromatic rings. The monoisotopic (exact) mass is 235 g/mol. The highest BCUT2D eigenvalue weighted by Crippen LogP contribution is 2.27. The van der Waals surface area contributed by atoms with E-state index in [1.807, 2.05) is 0 Å². The second kappa shape index (κ2) is 4.40. The molecule has 1 aliphatic rings. The quantitative estimate of drug-likeness (QED) is 0.772. The van der Waals surface area contributed by atoms with Gasteiger partial charge in [0, 0.05) is 7.05 Å². The Hall–Kier alpha value is -2.11. The lowest BCUT2D eigenvalue weighted by atomic mass is 10.1. The molecule has 0 aromatic carbocycles. The van der Waals surface area contributed by atoms with Gasteiger partial charge >= 0.3 is 0 Å². The van der Waals surface area contributed by atoms with Gasteiger partial charge in [-0.1, -0.05) is 0 Å². The van der Waals surface area contributed by atoms with Gasteiger partial charge in [0.2, 0.25) is 0 Å². The van der Waals surface area contributed by atoms with Crippen LogP contribution in [0.25, 0.3) is 0 Å². The fourth-order valence-corrected chi connectivity index (χ4v) is 1.38. The molecule has 0 aliphatic heterocycles. The minimum Gasteiger partial charge on any atom is -0.489 e. The Morgan fingerprint density at radius 2 is 2.24 bits per heavy atom. The third kappa shape index (κ3) is 2.52. The molecule has 0 bridgehead atoms. The molecule has 1 heterocycles. The highest BCUT2D eigenvalue weighted by molar-refractivity contribution is 6.05. The largest absolute Gasteiger partial charge is 0.489 e. The van der Waals surface area contributed by atoms with Gasteiger partial charge in [-0.25, -0.2) is 4.98 Å². The van der Waals surface area contributed by atoms with Crippen LogP contribution in [0.3, 0.4) is 0 Å². The molecule has 0 spiro atoms. The number of hydrogen-bond acceptors (Lipinski definition) is 4. The molecule has 1 fully saturated rings. The number of nitrogens with two attached hydrogens (primary N) is 1. The number of ether oxygens (including phenoxy) is 1. The average molecular weight is 235 g/mol. The Kier molecular flexibility index (Phi) is 2.95. The molecule has 6 nitrogen and oxygen atoms in total. The summed E-state index contributed by atoms with van der Waals surface area (Å²) >= 11 is 0. The van der Waals surface area contributed by atoms with Crippen LogP contribution in [0.1, 0.15) is 33.7 Å². The molecule has 2 rings (SSSR count). The fraction of sp³-hybridized carbons (Fsp3) is 0.364. The van der Waals surface area contributed by atoms with Crippen LogP contribution in [0.2, 0.25) is 0 Å². The molecule has 0 saturated heterocycles. The summed E-state index contributed by atoms with van der Waals surface area (Å²) in [5, 5.41) is 2.40. The maximum atomic E-state index is 11.5.